The molecule has 0 saturated heterocycles. The lowest BCUT2D eigenvalue weighted by Crippen LogP contribution is -1.84. The van der Waals surface area contributed by atoms with E-state index in [2.05, 4.69) is 30.5 Å². The first-order valence-electron chi connectivity index (χ1n) is 9.86. The number of carbonyl (C=O) groups is 1. The summed E-state index contributed by atoms with van der Waals surface area (Å²) in [5, 5.41) is 0. The predicted octanol–water partition coefficient (Wildman–Crippen LogP) is 9.86. The van der Waals surface area contributed by atoms with Gasteiger partial charge in [-0.15, -0.1) is 47.0 Å². The van der Waals surface area contributed by atoms with E-state index in [1.807, 2.05) is 82.3 Å². The topological polar surface area (TPSA) is 17.1 Å². The van der Waals surface area contributed by atoms with Crippen molar-refractivity contribution in [3.8, 4) is 0 Å². The molecule has 2 rings (SSSR count). The first-order valence-corrected chi connectivity index (χ1v) is 17.8. The molecule has 0 atom stereocenters. The minimum absolute atomic E-state index is 0.741. The Kier molecular flexibility index (Phi) is 15.2. The first-order chi connectivity index (χ1) is 14.2. The van der Waals surface area contributed by atoms with Gasteiger partial charge in [-0.25, -0.2) is 0 Å². The van der Waals surface area contributed by atoms with Crippen LogP contribution in [0, 0.1) is 0 Å². The molecular weight excluding hydrogens is 513 g/mol. The van der Waals surface area contributed by atoms with Gasteiger partial charge < -0.3 is 4.79 Å². The lowest BCUT2D eigenvalue weighted by atomic mass is 10.1. The van der Waals surface area contributed by atoms with Crippen LogP contribution in [0.3, 0.4) is 0 Å². The van der Waals surface area contributed by atoms with Gasteiger partial charge in [-0.2, -0.15) is 0 Å². The van der Waals surface area contributed by atoms with Crippen LogP contribution >= 0.6 is 94.1 Å². The molecule has 0 N–H and O–H groups in total. The van der Waals surface area contributed by atoms with Gasteiger partial charge >= 0.3 is 0 Å². The summed E-state index contributed by atoms with van der Waals surface area (Å²) in [5.74, 6) is 1.24. The molecule has 0 amide bonds. The van der Waals surface area contributed by atoms with E-state index < -0.39 is 0 Å². The fraction of sp³-hybridized carbons (Fsp3) is 0.650. The molecule has 0 saturated carbocycles. The van der Waals surface area contributed by atoms with Crippen LogP contribution < -0.4 is 0 Å². The second-order valence-corrected chi connectivity index (χ2v) is 15.6. The third-order valence-electron chi connectivity index (χ3n) is 4.25. The molecule has 2 aliphatic rings. The number of rotatable bonds is 15. The molecule has 2 heterocycles. The Balaban J connectivity index is 1.64. The van der Waals surface area contributed by atoms with E-state index in [9.17, 15) is 4.79 Å². The van der Waals surface area contributed by atoms with E-state index in [1.165, 1.54) is 76.1 Å². The molecule has 1 nitrogen and oxygen atoms in total. The van der Waals surface area contributed by atoms with Crippen molar-refractivity contribution in [2.75, 3.05) is 24.5 Å². The quantitative estimate of drug-likeness (QED) is 0.147. The Bertz CT molecular complexity index is 608. The van der Waals surface area contributed by atoms with Crippen molar-refractivity contribution in [1.82, 2.24) is 0 Å². The van der Waals surface area contributed by atoms with Crippen LogP contribution in [0.25, 0.3) is 0 Å². The van der Waals surface area contributed by atoms with Crippen molar-refractivity contribution in [3.63, 3.8) is 0 Å². The smallest absolute Gasteiger partial charge is 0.119 e. The third kappa shape index (κ3) is 9.60. The van der Waals surface area contributed by atoms with Gasteiger partial charge in [-0.3, -0.25) is 0 Å². The van der Waals surface area contributed by atoms with E-state index >= 15 is 0 Å². The summed E-state index contributed by atoms with van der Waals surface area (Å²) in [4.78, 5) is 10.3. The molecule has 9 heteroatoms. The van der Waals surface area contributed by atoms with Gasteiger partial charge in [-0.1, -0.05) is 85.6 Å². The first kappa shape index (κ1) is 26.9. The highest BCUT2D eigenvalue weighted by Crippen LogP contribution is 2.65. The van der Waals surface area contributed by atoms with Crippen molar-refractivity contribution in [2.24, 2.45) is 0 Å². The van der Waals surface area contributed by atoms with Gasteiger partial charge in [0.15, 0.2) is 0 Å². The number of hydrogen-bond acceptors (Lipinski definition) is 9. The molecular formula is C20H30OS8. The molecule has 29 heavy (non-hydrogen) atoms. The van der Waals surface area contributed by atoms with Gasteiger partial charge in [0.2, 0.25) is 0 Å². The Morgan fingerprint density at radius 1 is 0.621 bits per heavy atom. The maximum atomic E-state index is 10.3. The minimum Gasteiger partial charge on any atom is -0.303 e. The number of carbonyl (C=O) groups excluding carboxylic acids is 1. The third-order valence-corrected chi connectivity index (χ3v) is 15.5. The Morgan fingerprint density at radius 3 is 1.52 bits per heavy atom. The second-order valence-electron chi connectivity index (χ2n) is 6.38. The van der Waals surface area contributed by atoms with Crippen LogP contribution in [0.5, 0.6) is 0 Å². The zero-order valence-electron chi connectivity index (χ0n) is 17.3. The molecule has 0 fully saturated rings. The summed E-state index contributed by atoms with van der Waals surface area (Å²) in [6.07, 6.45) is 18.6. The van der Waals surface area contributed by atoms with Crippen molar-refractivity contribution < 1.29 is 4.79 Å². The standard InChI is InChI=1S/C20H30OS8/c1-22-15-16(23-2)27-19(26-15)20-28-17(24-3)18(29-20)25-14-12-10-8-6-4-5-7-9-11-13-21/h13H,4-12,14H2,1-3H3. The van der Waals surface area contributed by atoms with Crippen LogP contribution in [0.15, 0.2) is 25.4 Å². The fourth-order valence-corrected chi connectivity index (χ4v) is 13.5. The summed E-state index contributed by atoms with van der Waals surface area (Å²) < 4.78 is 8.89. The van der Waals surface area contributed by atoms with Gasteiger partial charge in [-0.05, 0) is 37.4 Å². The highest BCUT2D eigenvalue weighted by Gasteiger charge is 2.29. The van der Waals surface area contributed by atoms with Crippen molar-refractivity contribution in [3.05, 3.63) is 25.4 Å². The molecule has 0 aromatic heterocycles. The van der Waals surface area contributed by atoms with Crippen LogP contribution in [0.1, 0.15) is 57.8 Å². The minimum atomic E-state index is 0.741. The fourth-order valence-electron chi connectivity index (χ4n) is 2.73. The Morgan fingerprint density at radius 2 is 1.03 bits per heavy atom. The van der Waals surface area contributed by atoms with E-state index in [0.717, 1.165) is 19.1 Å². The van der Waals surface area contributed by atoms with Crippen LogP contribution in [-0.2, 0) is 4.79 Å². The normalized spacial score (nSPS) is 17.2. The molecule has 0 unspecified atom stereocenters. The monoisotopic (exact) mass is 542 g/mol. The largest absolute Gasteiger partial charge is 0.303 e. The van der Waals surface area contributed by atoms with Gasteiger partial charge in [0.1, 0.15) is 6.29 Å². The molecule has 0 aliphatic carbocycles. The zero-order valence-corrected chi connectivity index (χ0v) is 23.9. The molecule has 0 aromatic rings. The SMILES string of the molecule is CSC1=C(SC)SC(=C2SC(SC)=C(SCCCCCCCCCCC=O)S2)S1. The highest BCUT2D eigenvalue weighted by molar-refractivity contribution is 8.44. The van der Waals surface area contributed by atoms with E-state index in [0.29, 0.717) is 0 Å². The van der Waals surface area contributed by atoms with Gasteiger partial charge in [0.05, 0.1) is 25.4 Å². The molecule has 164 valence electrons. The van der Waals surface area contributed by atoms with Gasteiger partial charge in [0, 0.05) is 6.42 Å². The van der Waals surface area contributed by atoms with E-state index in [4.69, 9.17) is 0 Å². The van der Waals surface area contributed by atoms with E-state index in [-0.39, 0.29) is 0 Å². The maximum Gasteiger partial charge on any atom is 0.119 e. The average molecular weight is 543 g/mol. The molecule has 0 aromatic carbocycles. The molecule has 0 bridgehead atoms. The summed E-state index contributed by atoms with van der Waals surface area (Å²) in [5.41, 5.74) is 0. The molecule has 2 aliphatic heterocycles. The second kappa shape index (κ2) is 16.3. The number of thioether (sulfide) groups is 8. The Labute approximate surface area is 211 Å². The van der Waals surface area contributed by atoms with Crippen molar-refractivity contribution >= 4 is 100 Å². The maximum absolute atomic E-state index is 10.3. The number of hydrogen-bond donors (Lipinski definition) is 0. The van der Waals surface area contributed by atoms with Gasteiger partial charge in [0.25, 0.3) is 0 Å². The number of aldehydes is 1. The lowest BCUT2D eigenvalue weighted by Gasteiger charge is -2.04. The molecule has 0 radical (unpaired) electrons. The highest BCUT2D eigenvalue weighted by atomic mass is 32.3. The summed E-state index contributed by atoms with van der Waals surface area (Å²) >= 11 is 15.6. The predicted molar refractivity (Wildman–Crippen MR) is 152 cm³/mol. The Hall–Kier alpha value is 1.69. The number of unbranched alkanes of at least 4 members (excludes halogenated alkanes) is 8. The van der Waals surface area contributed by atoms with Crippen molar-refractivity contribution in [2.45, 2.75) is 57.8 Å². The van der Waals surface area contributed by atoms with Crippen LogP contribution in [-0.4, -0.2) is 30.8 Å². The zero-order chi connectivity index (χ0) is 20.9. The summed E-state index contributed by atoms with van der Waals surface area (Å²) in [6, 6.07) is 0. The van der Waals surface area contributed by atoms with E-state index in [1.54, 1.807) is 0 Å². The lowest BCUT2D eigenvalue weighted by molar-refractivity contribution is -0.107. The average Bonchev–Trinajstić information content (AvgIpc) is 3.35. The van der Waals surface area contributed by atoms with Crippen LogP contribution in [0.2, 0.25) is 0 Å². The van der Waals surface area contributed by atoms with Crippen LogP contribution in [0.4, 0.5) is 0 Å². The summed E-state index contributed by atoms with van der Waals surface area (Å²) in [7, 11) is 0. The van der Waals surface area contributed by atoms with Crippen molar-refractivity contribution in [1.29, 1.82) is 0 Å². The molecule has 0 spiro atoms. The summed E-state index contributed by atoms with van der Waals surface area (Å²) in [6.45, 7) is 0.